The van der Waals surface area contributed by atoms with Gasteiger partial charge in [0.25, 0.3) is 11.8 Å². The number of hydrogen-bond acceptors (Lipinski definition) is 6. The van der Waals surface area contributed by atoms with E-state index in [0.29, 0.717) is 17.1 Å². The molecule has 1 heterocycles. The smallest absolute Gasteiger partial charge is 0.329 e. The zero-order valence-corrected chi connectivity index (χ0v) is 18.7. The highest BCUT2D eigenvalue weighted by Crippen LogP contribution is 2.24. The number of carbonyl (C=O) groups excluding carboxylic acids is 3. The summed E-state index contributed by atoms with van der Waals surface area (Å²) in [4.78, 5) is 41.6. The van der Waals surface area contributed by atoms with E-state index >= 15 is 0 Å². The van der Waals surface area contributed by atoms with Crippen molar-refractivity contribution in [1.29, 1.82) is 0 Å². The summed E-state index contributed by atoms with van der Waals surface area (Å²) in [6, 6.07) is 17.4. The Balaban J connectivity index is 1.54. The van der Waals surface area contributed by atoms with Crippen LogP contribution in [-0.4, -0.2) is 35.4 Å². The van der Waals surface area contributed by atoms with Gasteiger partial charge in [-0.15, -0.1) is 11.3 Å². The van der Waals surface area contributed by atoms with Crippen LogP contribution in [0.5, 0.6) is 0 Å². The largest absolute Gasteiger partial charge is 0.454 e. The Hall–Kier alpha value is -3.52. The number of anilines is 1. The van der Waals surface area contributed by atoms with E-state index in [-0.39, 0.29) is 11.8 Å². The van der Waals surface area contributed by atoms with Crippen LogP contribution in [0.4, 0.5) is 5.13 Å². The molecule has 2 amide bonds. The summed E-state index contributed by atoms with van der Waals surface area (Å²) < 4.78 is 5.18. The third-order valence-electron chi connectivity index (χ3n) is 4.50. The summed E-state index contributed by atoms with van der Waals surface area (Å²) >= 11 is 1.29. The fraction of sp³-hybridized carbons (Fsp3) is 0.250. The molecule has 0 fully saturated rings. The van der Waals surface area contributed by atoms with Crippen molar-refractivity contribution < 1.29 is 19.1 Å². The standard InChI is InChI=1S/C24H25N3O4S/c1-16(2)13-19(25-22(29)18-11-7-4-8-12-18)23(30)31-14-21(28)27-24-26-20(15-32-24)17-9-5-3-6-10-17/h3-12,15-16,19H,13-14H2,1-2H3,(H,25,29)(H,26,27,28)/t19-/m1/s1. The van der Waals surface area contributed by atoms with E-state index in [0.717, 1.165) is 11.3 Å². The van der Waals surface area contributed by atoms with Gasteiger partial charge in [-0.1, -0.05) is 62.4 Å². The van der Waals surface area contributed by atoms with E-state index in [9.17, 15) is 14.4 Å². The summed E-state index contributed by atoms with van der Waals surface area (Å²) in [5.41, 5.74) is 2.15. The molecule has 2 N–H and O–H groups in total. The van der Waals surface area contributed by atoms with E-state index < -0.39 is 24.5 Å². The molecule has 0 aliphatic rings. The molecule has 0 spiro atoms. The van der Waals surface area contributed by atoms with Gasteiger partial charge in [0.1, 0.15) is 6.04 Å². The summed E-state index contributed by atoms with van der Waals surface area (Å²) in [5.74, 6) is -1.37. The zero-order valence-electron chi connectivity index (χ0n) is 17.9. The van der Waals surface area contributed by atoms with Crippen molar-refractivity contribution in [2.45, 2.75) is 26.3 Å². The number of ether oxygens (including phenoxy) is 1. The predicted molar refractivity (Wildman–Crippen MR) is 124 cm³/mol. The lowest BCUT2D eigenvalue weighted by Gasteiger charge is -2.19. The quantitative estimate of drug-likeness (QED) is 0.477. The Labute approximate surface area is 190 Å². The van der Waals surface area contributed by atoms with E-state index in [1.165, 1.54) is 11.3 Å². The molecule has 0 aliphatic heterocycles. The van der Waals surface area contributed by atoms with Crippen LogP contribution in [0.15, 0.2) is 66.0 Å². The maximum atomic E-state index is 12.6. The van der Waals surface area contributed by atoms with Gasteiger partial charge in [-0.3, -0.25) is 14.9 Å². The summed E-state index contributed by atoms with van der Waals surface area (Å²) in [5, 5.41) is 7.60. The predicted octanol–water partition coefficient (Wildman–Crippen LogP) is 4.14. The fourth-order valence-corrected chi connectivity index (χ4v) is 3.72. The molecule has 0 radical (unpaired) electrons. The Kier molecular flexibility index (Phi) is 8.10. The van der Waals surface area contributed by atoms with Crippen LogP contribution in [0.2, 0.25) is 0 Å². The Bertz CT molecular complexity index is 1050. The topological polar surface area (TPSA) is 97.4 Å². The summed E-state index contributed by atoms with van der Waals surface area (Å²) in [6.07, 6.45) is 0.395. The second-order valence-electron chi connectivity index (χ2n) is 7.58. The fourth-order valence-electron chi connectivity index (χ4n) is 2.98. The lowest BCUT2D eigenvalue weighted by molar-refractivity contribution is -0.149. The summed E-state index contributed by atoms with van der Waals surface area (Å²) in [7, 11) is 0. The molecule has 166 valence electrons. The van der Waals surface area contributed by atoms with Crippen LogP contribution in [-0.2, 0) is 14.3 Å². The third-order valence-corrected chi connectivity index (χ3v) is 5.26. The minimum absolute atomic E-state index is 0.143. The van der Waals surface area contributed by atoms with Crippen molar-refractivity contribution in [2.24, 2.45) is 5.92 Å². The van der Waals surface area contributed by atoms with Crippen molar-refractivity contribution in [2.75, 3.05) is 11.9 Å². The van der Waals surface area contributed by atoms with Crippen molar-refractivity contribution in [3.05, 3.63) is 71.6 Å². The number of nitrogens with one attached hydrogen (secondary N) is 2. The zero-order chi connectivity index (χ0) is 22.9. The molecule has 0 aliphatic carbocycles. The average Bonchev–Trinajstić information content (AvgIpc) is 3.26. The SMILES string of the molecule is CC(C)C[C@@H](NC(=O)c1ccccc1)C(=O)OCC(=O)Nc1nc(-c2ccccc2)cs1. The van der Waals surface area contributed by atoms with Gasteiger partial charge >= 0.3 is 5.97 Å². The molecule has 32 heavy (non-hydrogen) atoms. The van der Waals surface area contributed by atoms with Crippen LogP contribution in [0, 0.1) is 5.92 Å². The van der Waals surface area contributed by atoms with Crippen LogP contribution in [0.3, 0.4) is 0 Å². The highest BCUT2D eigenvalue weighted by Gasteiger charge is 2.24. The van der Waals surface area contributed by atoms with Gasteiger partial charge in [-0.05, 0) is 24.5 Å². The Morgan fingerprint density at radius 1 is 1.00 bits per heavy atom. The first-order chi connectivity index (χ1) is 15.4. The molecule has 8 heteroatoms. The molecular formula is C24H25N3O4S. The Morgan fingerprint density at radius 3 is 2.31 bits per heavy atom. The second-order valence-corrected chi connectivity index (χ2v) is 8.44. The normalized spacial score (nSPS) is 11.6. The van der Waals surface area contributed by atoms with Crippen LogP contribution in [0.25, 0.3) is 11.3 Å². The Morgan fingerprint density at radius 2 is 1.66 bits per heavy atom. The number of thiazole rings is 1. The second kappa shape index (κ2) is 11.2. The molecule has 0 bridgehead atoms. The first kappa shape index (κ1) is 23.1. The number of rotatable bonds is 9. The van der Waals surface area contributed by atoms with Crippen molar-refractivity contribution >= 4 is 34.3 Å². The van der Waals surface area contributed by atoms with Gasteiger partial charge in [0.15, 0.2) is 11.7 Å². The van der Waals surface area contributed by atoms with Gasteiger partial charge in [0.05, 0.1) is 5.69 Å². The minimum Gasteiger partial charge on any atom is -0.454 e. The molecule has 3 rings (SSSR count). The lowest BCUT2D eigenvalue weighted by Crippen LogP contribution is -2.43. The minimum atomic E-state index is -0.847. The van der Waals surface area contributed by atoms with Crippen LogP contribution >= 0.6 is 11.3 Å². The number of aromatic nitrogens is 1. The highest BCUT2D eigenvalue weighted by atomic mass is 32.1. The first-order valence-corrected chi connectivity index (χ1v) is 11.1. The lowest BCUT2D eigenvalue weighted by atomic mass is 10.0. The van der Waals surface area contributed by atoms with Crippen molar-refractivity contribution in [3.8, 4) is 11.3 Å². The van der Waals surface area contributed by atoms with Crippen molar-refractivity contribution in [3.63, 3.8) is 0 Å². The van der Waals surface area contributed by atoms with E-state index in [1.54, 1.807) is 30.3 Å². The number of esters is 1. The van der Waals surface area contributed by atoms with Crippen molar-refractivity contribution in [1.82, 2.24) is 10.3 Å². The monoisotopic (exact) mass is 451 g/mol. The van der Waals surface area contributed by atoms with E-state index in [4.69, 9.17) is 4.74 Å². The van der Waals surface area contributed by atoms with E-state index in [2.05, 4.69) is 15.6 Å². The maximum absolute atomic E-state index is 12.6. The molecule has 3 aromatic rings. The molecule has 2 aromatic carbocycles. The molecule has 0 saturated carbocycles. The maximum Gasteiger partial charge on any atom is 0.329 e. The molecule has 1 aromatic heterocycles. The summed E-state index contributed by atoms with van der Waals surface area (Å²) in [6.45, 7) is 3.41. The molecular weight excluding hydrogens is 426 g/mol. The van der Waals surface area contributed by atoms with E-state index in [1.807, 2.05) is 49.6 Å². The highest BCUT2D eigenvalue weighted by molar-refractivity contribution is 7.14. The third kappa shape index (κ3) is 6.75. The van der Waals surface area contributed by atoms with Gasteiger partial charge in [0, 0.05) is 16.5 Å². The molecule has 0 unspecified atom stereocenters. The number of nitrogens with zero attached hydrogens (tertiary/aromatic N) is 1. The molecule has 7 nitrogen and oxygen atoms in total. The first-order valence-electron chi connectivity index (χ1n) is 10.3. The number of carbonyl (C=O) groups is 3. The number of hydrogen-bond donors (Lipinski definition) is 2. The van der Waals surface area contributed by atoms with Crippen LogP contribution in [0.1, 0.15) is 30.6 Å². The van der Waals surface area contributed by atoms with Gasteiger partial charge in [-0.25, -0.2) is 9.78 Å². The average molecular weight is 452 g/mol. The van der Waals surface area contributed by atoms with Gasteiger partial charge in [-0.2, -0.15) is 0 Å². The number of amides is 2. The molecule has 0 saturated heterocycles. The van der Waals surface area contributed by atoms with Crippen LogP contribution < -0.4 is 10.6 Å². The number of benzene rings is 2. The van der Waals surface area contributed by atoms with Gasteiger partial charge < -0.3 is 10.1 Å². The molecule has 1 atom stereocenters. The van der Waals surface area contributed by atoms with Gasteiger partial charge in [0.2, 0.25) is 0 Å².